The zero-order valence-corrected chi connectivity index (χ0v) is 21.1. The molecule has 3 rings (SSSR count). The number of halogens is 1. The van der Waals surface area contributed by atoms with Crippen molar-refractivity contribution in [2.45, 2.75) is 40.3 Å². The molecular formula is C26H32ClN3O2S. The molecule has 0 fully saturated rings. The first-order chi connectivity index (χ1) is 15.9. The van der Waals surface area contributed by atoms with Crippen LogP contribution in [0, 0.1) is 5.92 Å². The number of benzene rings is 1. The van der Waals surface area contributed by atoms with Crippen LogP contribution in [0.4, 0.5) is 0 Å². The molecule has 0 saturated carbocycles. The van der Waals surface area contributed by atoms with Crippen molar-refractivity contribution in [1.82, 2.24) is 14.4 Å². The van der Waals surface area contributed by atoms with Gasteiger partial charge in [-0.15, -0.1) is 11.3 Å². The number of aromatic nitrogens is 1. The summed E-state index contributed by atoms with van der Waals surface area (Å²) in [6.07, 6.45) is 2.35. The first kappa shape index (κ1) is 25.1. The van der Waals surface area contributed by atoms with E-state index >= 15 is 0 Å². The predicted octanol–water partition coefficient (Wildman–Crippen LogP) is 5.33. The molecule has 33 heavy (non-hydrogen) atoms. The van der Waals surface area contributed by atoms with Gasteiger partial charge in [0.2, 0.25) is 11.8 Å². The van der Waals surface area contributed by atoms with Crippen LogP contribution >= 0.6 is 22.9 Å². The van der Waals surface area contributed by atoms with Crippen molar-refractivity contribution < 1.29 is 9.59 Å². The van der Waals surface area contributed by atoms with Crippen LogP contribution in [0.2, 0.25) is 5.02 Å². The number of rotatable bonds is 11. The summed E-state index contributed by atoms with van der Waals surface area (Å²) in [5, 5.41) is 2.70. The Kier molecular flexibility index (Phi) is 9.15. The maximum Gasteiger partial charge on any atom is 0.242 e. The summed E-state index contributed by atoms with van der Waals surface area (Å²) in [4.78, 5) is 30.6. The normalized spacial score (nSPS) is 11.1. The van der Waals surface area contributed by atoms with Crippen molar-refractivity contribution in [1.29, 1.82) is 0 Å². The van der Waals surface area contributed by atoms with Gasteiger partial charge < -0.3 is 14.4 Å². The van der Waals surface area contributed by atoms with Crippen molar-refractivity contribution in [3.8, 4) is 0 Å². The summed E-state index contributed by atoms with van der Waals surface area (Å²) in [6.45, 7) is 8.49. The van der Waals surface area contributed by atoms with E-state index in [0.717, 1.165) is 21.2 Å². The minimum absolute atomic E-state index is 0.0140. The molecule has 2 aromatic heterocycles. The highest BCUT2D eigenvalue weighted by atomic mass is 35.5. The summed E-state index contributed by atoms with van der Waals surface area (Å²) < 4.78 is 2.13. The van der Waals surface area contributed by atoms with E-state index in [0.29, 0.717) is 38.5 Å². The number of nitrogens with zero attached hydrogens (tertiary/aromatic N) is 3. The van der Waals surface area contributed by atoms with Gasteiger partial charge in [0.25, 0.3) is 0 Å². The molecule has 0 aliphatic heterocycles. The van der Waals surface area contributed by atoms with Gasteiger partial charge >= 0.3 is 0 Å². The van der Waals surface area contributed by atoms with Gasteiger partial charge in [0.05, 0.1) is 19.5 Å². The van der Waals surface area contributed by atoms with Gasteiger partial charge in [0.15, 0.2) is 0 Å². The summed E-state index contributed by atoms with van der Waals surface area (Å²) in [5.74, 6) is 0.272. The first-order valence-corrected chi connectivity index (χ1v) is 12.6. The zero-order valence-electron chi connectivity index (χ0n) is 19.5. The second-order valence-electron chi connectivity index (χ2n) is 8.55. The molecule has 1 aromatic carbocycles. The monoisotopic (exact) mass is 485 g/mol. The zero-order chi connectivity index (χ0) is 23.8. The summed E-state index contributed by atoms with van der Waals surface area (Å²) in [5.41, 5.74) is 2.08. The number of amides is 2. The van der Waals surface area contributed by atoms with Crippen molar-refractivity contribution in [3.63, 3.8) is 0 Å². The van der Waals surface area contributed by atoms with Gasteiger partial charge in [-0.3, -0.25) is 9.59 Å². The number of hydrogen-bond donors (Lipinski definition) is 0. The Labute approximate surface area is 205 Å². The fourth-order valence-corrected chi connectivity index (χ4v) is 4.65. The van der Waals surface area contributed by atoms with Crippen LogP contribution in [0.5, 0.6) is 0 Å². The molecule has 2 amide bonds. The molecule has 7 heteroatoms. The lowest BCUT2D eigenvalue weighted by molar-refractivity contribution is -0.140. The highest BCUT2D eigenvalue weighted by molar-refractivity contribution is 7.10. The predicted molar refractivity (Wildman–Crippen MR) is 136 cm³/mol. The molecule has 2 heterocycles. The van der Waals surface area contributed by atoms with Gasteiger partial charge in [-0.2, -0.15) is 0 Å². The van der Waals surface area contributed by atoms with Gasteiger partial charge in [0.1, 0.15) is 0 Å². The van der Waals surface area contributed by atoms with Gasteiger partial charge in [-0.1, -0.05) is 49.7 Å². The van der Waals surface area contributed by atoms with Crippen LogP contribution < -0.4 is 0 Å². The first-order valence-electron chi connectivity index (χ1n) is 11.3. The molecule has 0 unspecified atom stereocenters. The second kappa shape index (κ2) is 12.1. The fraction of sp³-hybridized carbons (Fsp3) is 0.385. The van der Waals surface area contributed by atoms with E-state index in [4.69, 9.17) is 11.6 Å². The molecule has 176 valence electrons. The largest absolute Gasteiger partial charge is 0.345 e. The van der Waals surface area contributed by atoms with Crippen molar-refractivity contribution in [2.75, 3.05) is 19.6 Å². The van der Waals surface area contributed by atoms with E-state index in [2.05, 4.69) is 18.4 Å². The van der Waals surface area contributed by atoms with E-state index in [1.54, 1.807) is 16.2 Å². The Hall–Kier alpha value is -2.57. The number of likely N-dealkylation sites (N-methyl/N-ethyl adjacent to an activating group) is 1. The molecule has 0 saturated heterocycles. The Morgan fingerprint density at radius 2 is 1.82 bits per heavy atom. The third kappa shape index (κ3) is 7.21. The average molecular weight is 486 g/mol. The second-order valence-corrected chi connectivity index (χ2v) is 9.99. The molecule has 0 atom stereocenters. The number of hydrogen-bond acceptors (Lipinski definition) is 3. The lowest BCUT2D eigenvalue weighted by atomic mass is 10.2. The van der Waals surface area contributed by atoms with Crippen molar-refractivity contribution in [3.05, 3.63) is 81.3 Å². The molecule has 3 aromatic rings. The van der Waals surface area contributed by atoms with E-state index in [-0.39, 0.29) is 18.4 Å². The number of thiophene rings is 1. The molecule has 0 bridgehead atoms. The van der Waals surface area contributed by atoms with Crippen LogP contribution in [0.1, 0.15) is 36.9 Å². The molecule has 0 N–H and O–H groups in total. The molecule has 0 radical (unpaired) electrons. The van der Waals surface area contributed by atoms with Gasteiger partial charge in [0, 0.05) is 41.4 Å². The Bertz CT molecular complexity index is 1050. The SMILES string of the molecule is CCN(CC(=O)N(Cc1cccn1Cc1ccccc1Cl)CC(C)C)C(=O)Cc1cccs1. The topological polar surface area (TPSA) is 45.6 Å². The number of carbonyl (C=O) groups excluding carboxylic acids is 2. The Morgan fingerprint density at radius 3 is 2.48 bits per heavy atom. The quantitative estimate of drug-likeness (QED) is 0.368. The van der Waals surface area contributed by atoms with Crippen LogP contribution in [-0.4, -0.2) is 45.8 Å². The van der Waals surface area contributed by atoms with Gasteiger partial charge in [-0.05, 0) is 48.1 Å². The lowest BCUT2D eigenvalue weighted by Crippen LogP contribution is -2.44. The number of carbonyl (C=O) groups is 2. The highest BCUT2D eigenvalue weighted by Gasteiger charge is 2.22. The lowest BCUT2D eigenvalue weighted by Gasteiger charge is -2.29. The standard InChI is InChI=1S/C26H32ClN3O2S/c1-4-28(25(31)15-23-11-8-14-33-23)19-26(32)30(16-20(2)3)18-22-10-7-13-29(22)17-21-9-5-6-12-24(21)27/h5-14,20H,4,15-19H2,1-3H3. The van der Waals surface area contributed by atoms with Crippen LogP contribution in [-0.2, 0) is 29.1 Å². The van der Waals surface area contributed by atoms with Crippen molar-refractivity contribution >= 4 is 34.8 Å². The molecule has 0 spiro atoms. The van der Waals surface area contributed by atoms with Crippen LogP contribution in [0.15, 0.2) is 60.1 Å². The summed E-state index contributed by atoms with van der Waals surface area (Å²) in [7, 11) is 0. The maximum atomic E-state index is 13.3. The minimum atomic E-state index is -0.0319. The maximum absolute atomic E-state index is 13.3. The molecular weight excluding hydrogens is 454 g/mol. The van der Waals surface area contributed by atoms with Crippen LogP contribution in [0.3, 0.4) is 0 Å². The third-order valence-corrected chi connectivity index (χ3v) is 6.72. The highest BCUT2D eigenvalue weighted by Crippen LogP contribution is 2.19. The van der Waals surface area contributed by atoms with E-state index < -0.39 is 0 Å². The third-order valence-electron chi connectivity index (χ3n) is 5.48. The van der Waals surface area contributed by atoms with E-state index in [1.165, 1.54) is 0 Å². The van der Waals surface area contributed by atoms with Gasteiger partial charge in [-0.25, -0.2) is 0 Å². The molecule has 0 aliphatic rings. The Morgan fingerprint density at radius 1 is 1.03 bits per heavy atom. The molecule has 5 nitrogen and oxygen atoms in total. The Balaban J connectivity index is 1.70. The molecule has 0 aliphatic carbocycles. The van der Waals surface area contributed by atoms with E-state index in [9.17, 15) is 9.59 Å². The smallest absolute Gasteiger partial charge is 0.242 e. The van der Waals surface area contributed by atoms with Crippen LogP contribution in [0.25, 0.3) is 0 Å². The summed E-state index contributed by atoms with van der Waals surface area (Å²) >= 11 is 7.92. The summed E-state index contributed by atoms with van der Waals surface area (Å²) in [6, 6.07) is 15.7. The van der Waals surface area contributed by atoms with Crippen molar-refractivity contribution in [2.24, 2.45) is 5.92 Å². The fourth-order valence-electron chi connectivity index (χ4n) is 3.76. The average Bonchev–Trinajstić information content (AvgIpc) is 3.45. The minimum Gasteiger partial charge on any atom is -0.345 e. The van der Waals surface area contributed by atoms with E-state index in [1.807, 2.05) is 71.9 Å².